The molecule has 4 heterocycles. The van der Waals surface area contributed by atoms with E-state index in [0.717, 1.165) is 34.5 Å². The molecule has 1 saturated heterocycles. The largest absolute Gasteiger partial charge is 0.410 e. The average Bonchev–Trinajstić information content (AvgIpc) is 3.30. The molecule has 4 rings (SSSR count). The first-order valence-electron chi connectivity index (χ1n) is 10.9. The maximum Gasteiger partial charge on any atom is 0.410 e. The van der Waals surface area contributed by atoms with Crippen molar-refractivity contribution < 1.29 is 18.0 Å². The molecule has 0 aromatic carbocycles. The van der Waals surface area contributed by atoms with Gasteiger partial charge in [-0.3, -0.25) is 9.89 Å². The molecule has 0 radical (unpaired) electrons. The molecule has 2 N–H and O–H groups in total. The second kappa shape index (κ2) is 8.20. The number of alkyl halides is 3. The Morgan fingerprint density at radius 1 is 1.29 bits per heavy atom. The van der Waals surface area contributed by atoms with Gasteiger partial charge in [-0.2, -0.15) is 23.4 Å². The highest BCUT2D eigenvalue weighted by Gasteiger charge is 2.46. The topological polar surface area (TPSA) is 78.8 Å². The van der Waals surface area contributed by atoms with E-state index in [1.54, 1.807) is 11.0 Å². The quantitative estimate of drug-likeness (QED) is 0.749. The number of amides is 1. The van der Waals surface area contributed by atoms with E-state index in [4.69, 9.17) is 0 Å². The maximum absolute atomic E-state index is 13.7. The van der Waals surface area contributed by atoms with Gasteiger partial charge in [0.05, 0.1) is 23.9 Å². The first-order valence-corrected chi connectivity index (χ1v) is 10.9. The van der Waals surface area contributed by atoms with Crippen molar-refractivity contribution in [3.05, 3.63) is 28.7 Å². The monoisotopic (exact) mass is 438 g/mol. The van der Waals surface area contributed by atoms with Gasteiger partial charge in [-0.05, 0) is 46.0 Å². The predicted octanol–water partition coefficient (Wildman–Crippen LogP) is 4.22. The molecule has 0 bridgehead atoms. The van der Waals surface area contributed by atoms with Gasteiger partial charge in [-0.15, -0.1) is 0 Å². The van der Waals surface area contributed by atoms with Crippen molar-refractivity contribution in [1.29, 1.82) is 0 Å². The number of anilines is 1. The number of aromatic amines is 1. The van der Waals surface area contributed by atoms with Crippen LogP contribution in [0.5, 0.6) is 0 Å². The van der Waals surface area contributed by atoms with Crippen molar-refractivity contribution in [2.24, 2.45) is 0 Å². The number of H-pyrrole nitrogens is 1. The summed E-state index contributed by atoms with van der Waals surface area (Å²) in [7, 11) is 0. The number of aromatic nitrogens is 4. The molecule has 31 heavy (non-hydrogen) atoms. The Balaban J connectivity index is 1.62. The lowest BCUT2D eigenvalue weighted by Gasteiger charge is -2.35. The number of likely N-dealkylation sites (tertiary alicyclic amines) is 1. The molecule has 2 aliphatic rings. The van der Waals surface area contributed by atoms with Gasteiger partial charge in [0.15, 0.2) is 6.04 Å². The third-order valence-electron chi connectivity index (χ3n) is 6.55. The number of carbonyl (C=O) groups is 1. The summed E-state index contributed by atoms with van der Waals surface area (Å²) in [5, 5.41) is 14.6. The Morgan fingerprint density at radius 3 is 2.71 bits per heavy atom. The zero-order valence-corrected chi connectivity index (χ0v) is 18.1. The molecular weight excluding hydrogens is 409 g/mol. The molecule has 1 fully saturated rings. The second-order valence-corrected chi connectivity index (χ2v) is 8.63. The molecule has 10 heteroatoms. The summed E-state index contributed by atoms with van der Waals surface area (Å²) in [5.74, 6) is 0.338. The fourth-order valence-electron chi connectivity index (χ4n) is 4.72. The minimum atomic E-state index is -4.37. The first-order chi connectivity index (χ1) is 14.7. The van der Waals surface area contributed by atoms with Crippen molar-refractivity contribution >= 4 is 11.7 Å². The summed E-state index contributed by atoms with van der Waals surface area (Å²) in [4.78, 5) is 15.0. The van der Waals surface area contributed by atoms with E-state index in [2.05, 4.69) is 20.6 Å². The predicted molar refractivity (Wildman–Crippen MR) is 110 cm³/mol. The summed E-state index contributed by atoms with van der Waals surface area (Å²) in [5.41, 5.74) is 3.06. The van der Waals surface area contributed by atoms with Crippen LogP contribution in [0.25, 0.3) is 0 Å². The Labute approximate surface area is 179 Å². The highest BCUT2D eigenvalue weighted by molar-refractivity contribution is 5.80. The minimum absolute atomic E-state index is 0.0412. The van der Waals surface area contributed by atoms with Crippen LogP contribution < -0.4 is 5.32 Å². The number of halogens is 3. The van der Waals surface area contributed by atoms with Crippen molar-refractivity contribution in [3.8, 4) is 0 Å². The van der Waals surface area contributed by atoms with Gasteiger partial charge in [0.2, 0.25) is 5.91 Å². The lowest BCUT2D eigenvalue weighted by molar-refractivity contribution is -0.173. The minimum Gasteiger partial charge on any atom is -0.367 e. The van der Waals surface area contributed by atoms with Crippen LogP contribution >= 0.6 is 0 Å². The average molecular weight is 438 g/mol. The number of hydrogen-bond acceptors (Lipinski definition) is 4. The maximum atomic E-state index is 13.7. The number of rotatable bonds is 4. The summed E-state index contributed by atoms with van der Waals surface area (Å²) in [6, 6.07) is -0.514. The number of nitrogens with zero attached hydrogens (tertiary/aromatic N) is 4. The number of hydrogen-bond donors (Lipinski definition) is 2. The van der Waals surface area contributed by atoms with Crippen molar-refractivity contribution in [3.63, 3.8) is 0 Å². The van der Waals surface area contributed by atoms with Crippen LogP contribution in [0, 0.1) is 13.8 Å². The normalized spacial score (nSPS) is 24.1. The number of fused-ring (bicyclic) bond motifs is 1. The van der Waals surface area contributed by atoms with Crippen molar-refractivity contribution in [2.45, 2.75) is 83.6 Å². The van der Waals surface area contributed by atoms with Crippen LogP contribution in [-0.2, 0) is 11.2 Å². The molecule has 2 aromatic heterocycles. The first kappa shape index (κ1) is 21.7. The van der Waals surface area contributed by atoms with E-state index in [1.807, 2.05) is 20.8 Å². The molecule has 0 unspecified atom stereocenters. The van der Waals surface area contributed by atoms with E-state index in [-0.39, 0.29) is 30.8 Å². The Morgan fingerprint density at radius 2 is 2.06 bits per heavy atom. The lowest BCUT2D eigenvalue weighted by atomic mass is 9.97. The van der Waals surface area contributed by atoms with Gasteiger partial charge in [0.25, 0.3) is 0 Å². The smallest absolute Gasteiger partial charge is 0.367 e. The summed E-state index contributed by atoms with van der Waals surface area (Å²) in [6.07, 6.45) is -1.11. The molecule has 3 atom stereocenters. The highest BCUT2D eigenvalue weighted by Crippen LogP contribution is 2.42. The van der Waals surface area contributed by atoms with Crippen LogP contribution in [0.15, 0.2) is 6.07 Å². The number of aryl methyl sites for hydroxylation is 2. The molecule has 0 saturated carbocycles. The molecule has 2 aliphatic heterocycles. The molecule has 0 aliphatic carbocycles. The Kier molecular flexibility index (Phi) is 5.74. The van der Waals surface area contributed by atoms with E-state index in [1.165, 1.54) is 0 Å². The van der Waals surface area contributed by atoms with Crippen LogP contribution in [0.4, 0.5) is 19.0 Å². The molecule has 2 aromatic rings. The van der Waals surface area contributed by atoms with Crippen LogP contribution in [0.2, 0.25) is 0 Å². The fourth-order valence-corrected chi connectivity index (χ4v) is 4.72. The van der Waals surface area contributed by atoms with Gasteiger partial charge in [-0.1, -0.05) is 6.92 Å². The molecular formula is C21H29F3N6O. The molecule has 7 nitrogen and oxygen atoms in total. The van der Waals surface area contributed by atoms with Gasteiger partial charge in [0, 0.05) is 29.9 Å². The third kappa shape index (κ3) is 4.16. The molecule has 170 valence electrons. The van der Waals surface area contributed by atoms with Crippen molar-refractivity contribution in [2.75, 3.05) is 11.9 Å². The van der Waals surface area contributed by atoms with Gasteiger partial charge < -0.3 is 10.2 Å². The van der Waals surface area contributed by atoms with Gasteiger partial charge in [-0.25, -0.2) is 4.68 Å². The van der Waals surface area contributed by atoms with E-state index in [0.29, 0.717) is 30.9 Å². The van der Waals surface area contributed by atoms with Crippen molar-refractivity contribution in [1.82, 2.24) is 24.9 Å². The van der Waals surface area contributed by atoms with Gasteiger partial charge in [0.1, 0.15) is 5.82 Å². The van der Waals surface area contributed by atoms with E-state index < -0.39 is 12.2 Å². The third-order valence-corrected chi connectivity index (χ3v) is 6.55. The number of nitrogens with one attached hydrogen (secondary N) is 2. The number of carbonyl (C=O) groups excluding carboxylic acids is 1. The van der Waals surface area contributed by atoms with Gasteiger partial charge >= 0.3 is 6.18 Å². The van der Waals surface area contributed by atoms with Crippen LogP contribution in [0.1, 0.15) is 73.8 Å². The van der Waals surface area contributed by atoms with Crippen LogP contribution in [-0.4, -0.2) is 49.5 Å². The summed E-state index contributed by atoms with van der Waals surface area (Å²) >= 11 is 0. The van der Waals surface area contributed by atoms with E-state index in [9.17, 15) is 18.0 Å². The Hall–Kier alpha value is -2.52. The lowest BCUT2D eigenvalue weighted by Crippen LogP contribution is -2.40. The van der Waals surface area contributed by atoms with Crippen LogP contribution in [0.3, 0.4) is 0 Å². The highest BCUT2D eigenvalue weighted by atomic mass is 19.4. The fraction of sp³-hybridized carbons (Fsp3) is 0.667. The standard InChI is InChI=1S/C21H29F3N6O/c1-4-14-9-18(21(22,23)24)30-19(25-14)11-16(28-30)17-7-5-6-8-29(17)20(31)10-15-12(2)26-27-13(15)3/h11,14,17-18,25H,4-10H2,1-3H3,(H,26,27)/t14-,17-,18+/m0/s1. The summed E-state index contributed by atoms with van der Waals surface area (Å²) < 4.78 is 42.2. The SMILES string of the molecule is CC[C@H]1C[C@H](C(F)(F)F)n2nc([C@@H]3CCCCN3C(=O)Cc3c(C)n[nH]c3C)cc2N1. The number of piperidine rings is 1. The Bertz CT molecular complexity index is 930. The van der Waals surface area contributed by atoms with E-state index >= 15 is 0 Å². The summed E-state index contributed by atoms with van der Waals surface area (Å²) in [6.45, 7) is 6.19. The molecule has 0 spiro atoms. The second-order valence-electron chi connectivity index (χ2n) is 8.63. The zero-order valence-electron chi connectivity index (χ0n) is 18.1. The zero-order chi connectivity index (χ0) is 22.3. The molecule has 1 amide bonds.